The lowest BCUT2D eigenvalue weighted by atomic mass is 10.2. The highest BCUT2D eigenvalue weighted by Gasteiger charge is 2.16. The Morgan fingerprint density at radius 1 is 1.06 bits per heavy atom. The van der Waals surface area contributed by atoms with E-state index in [0.29, 0.717) is 29.1 Å². The van der Waals surface area contributed by atoms with Gasteiger partial charge in [-0.1, -0.05) is 0 Å². The number of nitrogens with zero attached hydrogens (tertiary/aromatic N) is 1. The second kappa shape index (κ2) is 13.6. The maximum Gasteiger partial charge on any atom is 0.338 e. The third-order valence-corrected chi connectivity index (χ3v) is 5.04. The number of hydrazone groups is 1. The smallest absolute Gasteiger partial charge is 0.338 e. The molecular formula is C25H28N4O7. The largest absolute Gasteiger partial charge is 0.484 e. The number of benzene rings is 2. The number of esters is 1. The Balaban J connectivity index is 1.38. The molecule has 2 aromatic rings. The summed E-state index contributed by atoms with van der Waals surface area (Å²) in [5.74, 6) is -2.09. The van der Waals surface area contributed by atoms with Crippen LogP contribution in [0.25, 0.3) is 0 Å². The normalized spacial score (nSPS) is 14.8. The highest BCUT2D eigenvalue weighted by atomic mass is 16.5. The summed E-state index contributed by atoms with van der Waals surface area (Å²) >= 11 is 0. The van der Waals surface area contributed by atoms with Gasteiger partial charge in [0.1, 0.15) is 5.75 Å². The summed E-state index contributed by atoms with van der Waals surface area (Å²) < 4.78 is 15.8. The molecule has 36 heavy (non-hydrogen) atoms. The summed E-state index contributed by atoms with van der Waals surface area (Å²) in [6.45, 7) is 3.05. The SMILES string of the molecule is CCOC(=O)c1ccc(NC(=O)C(=O)N/N=C\c2ccc(OCC(=O)NC[C@H]3CCCO3)cc2)cc1. The zero-order chi connectivity index (χ0) is 25.8. The molecule has 1 aliphatic heterocycles. The van der Waals surface area contributed by atoms with Crippen molar-refractivity contribution in [2.24, 2.45) is 5.10 Å². The van der Waals surface area contributed by atoms with Gasteiger partial charge in [0, 0.05) is 18.8 Å². The Morgan fingerprint density at radius 2 is 1.81 bits per heavy atom. The van der Waals surface area contributed by atoms with Gasteiger partial charge in [-0.25, -0.2) is 10.2 Å². The van der Waals surface area contributed by atoms with Crippen molar-refractivity contribution in [3.05, 3.63) is 59.7 Å². The number of carbonyl (C=O) groups excluding carboxylic acids is 4. The summed E-state index contributed by atoms with van der Waals surface area (Å²) in [5.41, 5.74) is 3.45. The minimum absolute atomic E-state index is 0.0726. The summed E-state index contributed by atoms with van der Waals surface area (Å²) in [4.78, 5) is 47.5. The topological polar surface area (TPSA) is 144 Å². The third kappa shape index (κ3) is 8.51. The minimum Gasteiger partial charge on any atom is -0.484 e. The first kappa shape index (κ1) is 26.4. The molecule has 0 spiro atoms. The summed E-state index contributed by atoms with van der Waals surface area (Å²) in [7, 11) is 0. The third-order valence-electron chi connectivity index (χ3n) is 5.04. The molecule has 2 aromatic carbocycles. The lowest BCUT2D eigenvalue weighted by Gasteiger charge is -2.11. The van der Waals surface area contributed by atoms with Crippen LogP contribution < -0.4 is 20.8 Å². The van der Waals surface area contributed by atoms with Gasteiger partial charge in [-0.15, -0.1) is 0 Å². The van der Waals surface area contributed by atoms with Gasteiger partial charge < -0.3 is 24.8 Å². The summed E-state index contributed by atoms with van der Waals surface area (Å²) in [6, 6.07) is 12.6. The fourth-order valence-corrected chi connectivity index (χ4v) is 3.19. The van der Waals surface area contributed by atoms with Crippen molar-refractivity contribution in [1.29, 1.82) is 0 Å². The highest BCUT2D eigenvalue weighted by Crippen LogP contribution is 2.13. The standard InChI is InChI=1S/C25H28N4O7/c1-2-34-25(33)18-7-9-19(10-8-18)28-23(31)24(32)29-27-14-17-5-11-20(12-6-17)36-16-22(30)26-15-21-4-3-13-35-21/h5-12,14,21H,2-4,13,15-16H2,1H3,(H,26,30)(H,28,31)(H,29,32)/b27-14-/t21-/m1/s1. The lowest BCUT2D eigenvalue weighted by Crippen LogP contribution is -2.35. The number of nitrogens with one attached hydrogen (secondary N) is 3. The molecule has 0 aliphatic carbocycles. The maximum absolute atomic E-state index is 12.0. The Bertz CT molecular complexity index is 1080. The first-order chi connectivity index (χ1) is 17.4. The molecule has 0 bridgehead atoms. The minimum atomic E-state index is -0.963. The molecule has 11 nitrogen and oxygen atoms in total. The Labute approximate surface area is 208 Å². The molecule has 3 rings (SSSR count). The van der Waals surface area contributed by atoms with E-state index in [-0.39, 0.29) is 25.2 Å². The molecule has 190 valence electrons. The fourth-order valence-electron chi connectivity index (χ4n) is 3.19. The number of carbonyl (C=O) groups is 4. The first-order valence-corrected chi connectivity index (χ1v) is 11.5. The van der Waals surface area contributed by atoms with E-state index in [1.807, 2.05) is 0 Å². The van der Waals surface area contributed by atoms with Gasteiger partial charge in [-0.3, -0.25) is 14.4 Å². The van der Waals surface area contributed by atoms with Crippen molar-refractivity contribution >= 4 is 35.6 Å². The van der Waals surface area contributed by atoms with E-state index in [1.165, 1.54) is 30.5 Å². The Hall–Kier alpha value is -4.25. The van der Waals surface area contributed by atoms with E-state index in [1.54, 1.807) is 31.2 Å². The van der Waals surface area contributed by atoms with Gasteiger partial charge >= 0.3 is 17.8 Å². The predicted molar refractivity (Wildman–Crippen MR) is 131 cm³/mol. The molecule has 1 fully saturated rings. The van der Waals surface area contributed by atoms with E-state index in [0.717, 1.165) is 19.4 Å². The van der Waals surface area contributed by atoms with Gasteiger partial charge in [0.2, 0.25) is 0 Å². The zero-order valence-corrected chi connectivity index (χ0v) is 19.8. The second-order valence-electron chi connectivity index (χ2n) is 7.75. The monoisotopic (exact) mass is 496 g/mol. The van der Waals surface area contributed by atoms with Crippen molar-refractivity contribution in [1.82, 2.24) is 10.7 Å². The quantitative estimate of drug-likeness (QED) is 0.196. The van der Waals surface area contributed by atoms with Gasteiger partial charge in [0.25, 0.3) is 5.91 Å². The average Bonchev–Trinajstić information content (AvgIpc) is 3.41. The van der Waals surface area contributed by atoms with Gasteiger partial charge in [0.15, 0.2) is 6.61 Å². The van der Waals surface area contributed by atoms with Crippen LogP contribution in [0.15, 0.2) is 53.6 Å². The number of rotatable bonds is 10. The van der Waals surface area contributed by atoms with Crippen molar-refractivity contribution in [3.8, 4) is 5.75 Å². The van der Waals surface area contributed by atoms with Crippen molar-refractivity contribution < 1.29 is 33.4 Å². The van der Waals surface area contributed by atoms with E-state index in [2.05, 4.69) is 21.2 Å². The van der Waals surface area contributed by atoms with Gasteiger partial charge in [-0.05, 0) is 73.9 Å². The fraction of sp³-hybridized carbons (Fsp3) is 0.320. The van der Waals surface area contributed by atoms with E-state index in [9.17, 15) is 19.2 Å². The van der Waals surface area contributed by atoms with E-state index >= 15 is 0 Å². The van der Waals surface area contributed by atoms with Crippen LogP contribution in [-0.4, -0.2) is 62.4 Å². The second-order valence-corrected chi connectivity index (χ2v) is 7.75. The molecule has 11 heteroatoms. The molecule has 1 heterocycles. The van der Waals surface area contributed by atoms with Crippen LogP contribution in [0.1, 0.15) is 35.7 Å². The van der Waals surface area contributed by atoms with Crippen molar-refractivity contribution in [2.45, 2.75) is 25.9 Å². The first-order valence-electron chi connectivity index (χ1n) is 11.5. The van der Waals surface area contributed by atoms with E-state index in [4.69, 9.17) is 14.2 Å². The van der Waals surface area contributed by atoms with Gasteiger partial charge in [-0.2, -0.15) is 5.10 Å². The molecule has 1 atom stereocenters. The highest BCUT2D eigenvalue weighted by molar-refractivity contribution is 6.39. The van der Waals surface area contributed by atoms with Crippen LogP contribution in [0.2, 0.25) is 0 Å². The van der Waals surface area contributed by atoms with E-state index < -0.39 is 17.8 Å². The summed E-state index contributed by atoms with van der Waals surface area (Å²) in [5, 5.41) is 8.95. The molecule has 0 unspecified atom stereocenters. The van der Waals surface area contributed by atoms with Crippen LogP contribution in [0.3, 0.4) is 0 Å². The number of hydrogen-bond acceptors (Lipinski definition) is 8. The predicted octanol–water partition coefficient (Wildman–Crippen LogP) is 1.63. The van der Waals surface area contributed by atoms with Crippen LogP contribution in [0, 0.1) is 0 Å². The number of anilines is 1. The molecule has 3 amide bonds. The molecule has 0 aromatic heterocycles. The van der Waals surface area contributed by atoms with Gasteiger partial charge in [0.05, 0.1) is 24.5 Å². The molecular weight excluding hydrogens is 468 g/mol. The van der Waals surface area contributed by atoms with Crippen LogP contribution in [0.4, 0.5) is 5.69 Å². The molecule has 3 N–H and O–H groups in total. The van der Waals surface area contributed by atoms with Crippen molar-refractivity contribution in [2.75, 3.05) is 31.7 Å². The number of amides is 3. The molecule has 0 radical (unpaired) electrons. The average molecular weight is 497 g/mol. The number of hydrogen-bond donors (Lipinski definition) is 3. The van der Waals surface area contributed by atoms with Crippen molar-refractivity contribution in [3.63, 3.8) is 0 Å². The summed E-state index contributed by atoms with van der Waals surface area (Å²) in [6.07, 6.45) is 3.39. The molecule has 1 aliphatic rings. The Morgan fingerprint density at radius 3 is 2.47 bits per heavy atom. The Kier molecular flexibility index (Phi) is 9.95. The van der Waals surface area contributed by atoms with Crippen LogP contribution in [0.5, 0.6) is 5.75 Å². The molecule has 0 saturated carbocycles. The zero-order valence-electron chi connectivity index (χ0n) is 19.8. The maximum atomic E-state index is 12.0. The van der Waals surface area contributed by atoms with Crippen LogP contribution >= 0.6 is 0 Å². The van der Waals surface area contributed by atoms with Crippen LogP contribution in [-0.2, 0) is 23.9 Å². The lowest BCUT2D eigenvalue weighted by molar-refractivity contribution is -0.136. The number of ether oxygens (including phenoxy) is 3. The molecule has 1 saturated heterocycles.